The van der Waals surface area contributed by atoms with Crippen LogP contribution in [0.1, 0.15) is 31.2 Å². The van der Waals surface area contributed by atoms with Crippen LogP contribution in [-0.2, 0) is 9.84 Å². The van der Waals surface area contributed by atoms with Gasteiger partial charge in [0.1, 0.15) is 0 Å². The second kappa shape index (κ2) is 8.50. The number of benzene rings is 2. The molecule has 0 unspecified atom stereocenters. The summed E-state index contributed by atoms with van der Waals surface area (Å²) in [5, 5.41) is 11.0. The van der Waals surface area contributed by atoms with Gasteiger partial charge < -0.3 is 9.32 Å². The summed E-state index contributed by atoms with van der Waals surface area (Å²) in [6.45, 7) is 3.22. The molecule has 0 amide bonds. The van der Waals surface area contributed by atoms with Gasteiger partial charge in [-0.05, 0) is 38.0 Å². The van der Waals surface area contributed by atoms with Crippen LogP contribution in [0.4, 0.5) is 11.6 Å². The molecule has 9 heteroatoms. The minimum atomic E-state index is -3.94. The van der Waals surface area contributed by atoms with Gasteiger partial charge in [-0.3, -0.25) is 10.1 Å². The quantitative estimate of drug-likeness (QED) is 0.414. The van der Waals surface area contributed by atoms with E-state index in [1.807, 2.05) is 11.8 Å². The fourth-order valence-corrected chi connectivity index (χ4v) is 4.97. The molecule has 3 aromatic rings. The molecule has 0 bridgehead atoms. The number of rotatable bonds is 5. The fourth-order valence-electron chi connectivity index (χ4n) is 3.65. The second-order valence-corrected chi connectivity index (χ2v) is 9.52. The van der Waals surface area contributed by atoms with Crippen molar-refractivity contribution in [2.24, 2.45) is 0 Å². The second-order valence-electron chi connectivity index (χ2n) is 7.65. The fraction of sp³-hybridized carbons (Fsp3) is 0.318. The average Bonchev–Trinajstić information content (AvgIpc) is 3.04. The van der Waals surface area contributed by atoms with Gasteiger partial charge in [-0.15, -0.1) is 0 Å². The van der Waals surface area contributed by atoms with Gasteiger partial charge in [0.15, 0.2) is 0 Å². The Balaban J connectivity index is 1.85. The summed E-state index contributed by atoms with van der Waals surface area (Å²) >= 11 is 0. The van der Waals surface area contributed by atoms with E-state index in [2.05, 4.69) is 4.98 Å². The molecule has 0 aliphatic carbocycles. The van der Waals surface area contributed by atoms with Gasteiger partial charge in [-0.2, -0.15) is 4.98 Å². The summed E-state index contributed by atoms with van der Waals surface area (Å²) in [5.41, 5.74) is 1.19. The standard InChI is InChI=1S/C22H23N3O5S/c1-16-9-11-19(12-10-16)31(28,29)21-22(24-13-4-2-3-5-14-24)30-20(23-21)17-7-6-8-18(15-17)25(26)27/h6-12,15H,2-5,13-14H2,1H3. The van der Waals surface area contributed by atoms with E-state index in [4.69, 9.17) is 4.42 Å². The number of hydrogen-bond donors (Lipinski definition) is 0. The van der Waals surface area contributed by atoms with Crippen molar-refractivity contribution in [2.75, 3.05) is 18.0 Å². The zero-order chi connectivity index (χ0) is 22.0. The molecule has 162 valence electrons. The third-order valence-corrected chi connectivity index (χ3v) is 7.03. The van der Waals surface area contributed by atoms with Crippen molar-refractivity contribution in [1.82, 2.24) is 4.98 Å². The van der Waals surface area contributed by atoms with Crippen LogP contribution in [0.25, 0.3) is 11.5 Å². The lowest BCUT2D eigenvalue weighted by Crippen LogP contribution is -2.25. The first-order chi connectivity index (χ1) is 14.9. The van der Waals surface area contributed by atoms with Crippen molar-refractivity contribution in [3.05, 3.63) is 64.2 Å². The topological polar surface area (TPSA) is 107 Å². The van der Waals surface area contributed by atoms with Crippen molar-refractivity contribution < 1.29 is 17.8 Å². The zero-order valence-electron chi connectivity index (χ0n) is 17.2. The molecule has 0 N–H and O–H groups in total. The van der Waals surface area contributed by atoms with E-state index < -0.39 is 14.8 Å². The molecule has 31 heavy (non-hydrogen) atoms. The molecular weight excluding hydrogens is 418 g/mol. The molecule has 1 aliphatic rings. The van der Waals surface area contributed by atoms with Gasteiger partial charge in [-0.25, -0.2) is 8.42 Å². The van der Waals surface area contributed by atoms with Crippen molar-refractivity contribution in [1.29, 1.82) is 0 Å². The molecule has 1 fully saturated rings. The van der Waals surface area contributed by atoms with Crippen LogP contribution >= 0.6 is 0 Å². The number of nitro benzene ring substituents is 1. The number of aryl methyl sites for hydroxylation is 1. The van der Waals surface area contributed by atoms with Crippen LogP contribution in [0.15, 0.2) is 62.9 Å². The molecule has 1 saturated heterocycles. The number of nitro groups is 1. The Kier molecular flexibility index (Phi) is 5.77. The number of non-ortho nitro benzene ring substituents is 1. The highest BCUT2D eigenvalue weighted by atomic mass is 32.2. The third kappa shape index (κ3) is 4.32. The predicted molar refractivity (Wildman–Crippen MR) is 116 cm³/mol. The highest BCUT2D eigenvalue weighted by Gasteiger charge is 2.32. The molecular formula is C22H23N3O5S. The number of hydrogen-bond acceptors (Lipinski definition) is 7. The summed E-state index contributed by atoms with van der Waals surface area (Å²) in [6, 6.07) is 12.4. The lowest BCUT2D eigenvalue weighted by molar-refractivity contribution is -0.384. The van der Waals surface area contributed by atoms with Crippen LogP contribution in [0.3, 0.4) is 0 Å². The highest BCUT2D eigenvalue weighted by Crippen LogP contribution is 2.36. The van der Waals surface area contributed by atoms with Crippen molar-refractivity contribution >= 4 is 21.4 Å². The number of anilines is 1. The minimum Gasteiger partial charge on any atom is -0.419 e. The third-order valence-electron chi connectivity index (χ3n) is 5.36. The van der Waals surface area contributed by atoms with Crippen molar-refractivity contribution in [2.45, 2.75) is 42.5 Å². The largest absolute Gasteiger partial charge is 0.419 e. The molecule has 4 rings (SSSR count). The van der Waals surface area contributed by atoms with Crippen molar-refractivity contribution in [3.8, 4) is 11.5 Å². The maximum Gasteiger partial charge on any atom is 0.270 e. The van der Waals surface area contributed by atoms with Gasteiger partial charge in [0, 0.05) is 30.8 Å². The van der Waals surface area contributed by atoms with E-state index in [-0.39, 0.29) is 27.4 Å². The van der Waals surface area contributed by atoms with Crippen molar-refractivity contribution in [3.63, 3.8) is 0 Å². The van der Waals surface area contributed by atoms with E-state index in [1.165, 1.54) is 18.2 Å². The first-order valence-corrected chi connectivity index (χ1v) is 11.7. The molecule has 8 nitrogen and oxygen atoms in total. The van der Waals surface area contributed by atoms with Crippen LogP contribution in [0.5, 0.6) is 0 Å². The van der Waals surface area contributed by atoms with E-state index in [0.29, 0.717) is 18.7 Å². The number of oxazole rings is 1. The Bertz CT molecular complexity index is 1190. The summed E-state index contributed by atoms with van der Waals surface area (Å²) in [7, 11) is -3.94. The Morgan fingerprint density at radius 1 is 1.03 bits per heavy atom. The molecule has 2 heterocycles. The summed E-state index contributed by atoms with van der Waals surface area (Å²) < 4.78 is 32.9. The van der Waals surface area contributed by atoms with Gasteiger partial charge in [-0.1, -0.05) is 36.6 Å². The normalized spacial score (nSPS) is 14.9. The van der Waals surface area contributed by atoms with Gasteiger partial charge in [0.2, 0.25) is 26.6 Å². The maximum atomic E-state index is 13.5. The Labute approximate surface area is 180 Å². The lowest BCUT2D eigenvalue weighted by atomic mass is 10.2. The Morgan fingerprint density at radius 2 is 1.71 bits per heavy atom. The van der Waals surface area contributed by atoms with Crippen LogP contribution in [0.2, 0.25) is 0 Å². The number of aromatic nitrogens is 1. The average molecular weight is 442 g/mol. The van der Waals surface area contributed by atoms with Crippen LogP contribution in [0, 0.1) is 17.0 Å². The lowest BCUT2D eigenvalue weighted by Gasteiger charge is -2.20. The first-order valence-electron chi connectivity index (χ1n) is 10.2. The van der Waals surface area contributed by atoms with Gasteiger partial charge in [0.05, 0.1) is 9.82 Å². The zero-order valence-corrected chi connectivity index (χ0v) is 18.0. The SMILES string of the molecule is Cc1ccc(S(=O)(=O)c2nc(-c3cccc([N+](=O)[O-])c3)oc2N2CCCCCC2)cc1. The molecule has 0 radical (unpaired) electrons. The molecule has 1 aromatic heterocycles. The monoisotopic (exact) mass is 441 g/mol. The van der Waals surface area contributed by atoms with Gasteiger partial charge in [0.25, 0.3) is 5.69 Å². The smallest absolute Gasteiger partial charge is 0.270 e. The number of nitrogens with zero attached hydrogens (tertiary/aromatic N) is 3. The summed E-state index contributed by atoms with van der Waals surface area (Å²) in [6.07, 6.45) is 4.00. The Hall–Kier alpha value is -3.20. The molecule has 0 spiro atoms. The Morgan fingerprint density at radius 3 is 2.35 bits per heavy atom. The van der Waals surface area contributed by atoms with Crippen LogP contribution in [-0.4, -0.2) is 31.4 Å². The molecule has 1 aliphatic heterocycles. The predicted octanol–water partition coefficient (Wildman–Crippen LogP) is 4.77. The van der Waals surface area contributed by atoms with E-state index >= 15 is 0 Å². The van der Waals surface area contributed by atoms with E-state index in [0.717, 1.165) is 31.2 Å². The summed E-state index contributed by atoms with van der Waals surface area (Å²) in [4.78, 5) is 17.0. The first kappa shape index (κ1) is 21.0. The summed E-state index contributed by atoms with van der Waals surface area (Å²) in [5.74, 6) is 0.248. The van der Waals surface area contributed by atoms with Crippen LogP contribution < -0.4 is 4.90 Å². The minimum absolute atomic E-state index is 0.0497. The molecule has 2 aromatic carbocycles. The van der Waals surface area contributed by atoms with E-state index in [9.17, 15) is 18.5 Å². The maximum absolute atomic E-state index is 13.5. The highest BCUT2D eigenvalue weighted by molar-refractivity contribution is 7.91. The van der Waals surface area contributed by atoms with Gasteiger partial charge >= 0.3 is 0 Å². The number of sulfone groups is 1. The van der Waals surface area contributed by atoms with E-state index in [1.54, 1.807) is 30.3 Å². The molecule has 0 saturated carbocycles. The molecule has 0 atom stereocenters.